The van der Waals surface area contributed by atoms with Crippen LogP contribution in [-0.2, 0) is 20.7 Å². The Hall–Kier alpha value is -3.19. The monoisotopic (exact) mass is 474 g/mol. The van der Waals surface area contributed by atoms with E-state index in [-0.39, 0.29) is 29.5 Å². The van der Waals surface area contributed by atoms with Crippen molar-refractivity contribution in [2.45, 2.75) is 51.2 Å². The van der Waals surface area contributed by atoms with Crippen LogP contribution in [-0.4, -0.2) is 29.9 Å². The quantitative estimate of drug-likeness (QED) is 0.509. The van der Waals surface area contributed by atoms with Crippen LogP contribution in [0.4, 0.5) is 5.13 Å². The maximum Gasteiger partial charge on any atom is 0.296 e. The normalized spacial score (nSPS) is 24.3. The van der Waals surface area contributed by atoms with Crippen molar-refractivity contribution >= 4 is 38.4 Å². The maximum atomic E-state index is 13.8. The lowest BCUT2D eigenvalue weighted by molar-refractivity contribution is -0.131. The molecule has 0 saturated heterocycles. The van der Waals surface area contributed by atoms with Crippen molar-refractivity contribution in [2.75, 3.05) is 12.0 Å². The zero-order valence-corrected chi connectivity index (χ0v) is 20.1. The van der Waals surface area contributed by atoms with Gasteiger partial charge in [0.2, 0.25) is 0 Å². The average Bonchev–Trinajstić information content (AvgIpc) is 3.42. The van der Waals surface area contributed by atoms with Crippen molar-refractivity contribution in [3.63, 3.8) is 0 Å². The second kappa shape index (κ2) is 8.24. The smallest absolute Gasteiger partial charge is 0.296 e. The van der Waals surface area contributed by atoms with Crippen molar-refractivity contribution in [1.29, 1.82) is 0 Å². The highest BCUT2D eigenvalue weighted by molar-refractivity contribution is 7.22. The third-order valence-corrected chi connectivity index (χ3v) is 8.27. The number of ether oxygens (including phenoxy) is 2. The van der Waals surface area contributed by atoms with E-state index >= 15 is 0 Å². The van der Waals surface area contributed by atoms with Crippen LogP contribution in [0.2, 0.25) is 0 Å². The number of ketones is 1. The molecule has 7 heteroatoms. The molecule has 0 spiro atoms. The molecule has 0 N–H and O–H groups in total. The summed E-state index contributed by atoms with van der Waals surface area (Å²) >= 11 is 1.48. The number of nitrogens with zero attached hydrogens (tertiary/aromatic N) is 2. The van der Waals surface area contributed by atoms with Crippen molar-refractivity contribution in [1.82, 2.24) is 4.98 Å². The summed E-state index contributed by atoms with van der Waals surface area (Å²) in [6.07, 6.45) is 4.39. The highest BCUT2D eigenvalue weighted by Gasteiger charge is 2.53. The Morgan fingerprint density at radius 1 is 1.12 bits per heavy atom. The first kappa shape index (κ1) is 21.4. The molecule has 0 radical (unpaired) electrons. The Bertz CT molecular complexity index is 1330. The Morgan fingerprint density at radius 3 is 2.68 bits per heavy atom. The fourth-order valence-corrected chi connectivity index (χ4v) is 6.48. The number of anilines is 1. The predicted molar refractivity (Wildman–Crippen MR) is 131 cm³/mol. The molecule has 6 nitrogen and oxygen atoms in total. The lowest BCUT2D eigenvalue weighted by Crippen LogP contribution is -2.39. The molecule has 3 aliphatic rings. The highest BCUT2D eigenvalue weighted by Crippen LogP contribution is 2.49. The number of methoxy groups -OCH3 is 1. The van der Waals surface area contributed by atoms with E-state index in [0.717, 1.165) is 53.6 Å². The zero-order valence-electron chi connectivity index (χ0n) is 19.2. The van der Waals surface area contributed by atoms with E-state index in [4.69, 9.17) is 14.5 Å². The van der Waals surface area contributed by atoms with E-state index in [9.17, 15) is 9.59 Å². The van der Waals surface area contributed by atoms with Crippen LogP contribution in [0.3, 0.4) is 0 Å². The second-order valence-corrected chi connectivity index (χ2v) is 10.2. The van der Waals surface area contributed by atoms with Gasteiger partial charge in [0.15, 0.2) is 16.7 Å². The number of aryl methyl sites for hydroxylation is 1. The molecule has 0 bridgehead atoms. The van der Waals surface area contributed by atoms with Crippen LogP contribution in [0, 0.1) is 5.92 Å². The summed E-state index contributed by atoms with van der Waals surface area (Å²) in [6.45, 7) is 2.12. The molecule has 3 atom stereocenters. The van der Waals surface area contributed by atoms with Crippen LogP contribution in [0.5, 0.6) is 5.75 Å². The molecule has 1 aromatic heterocycles. The van der Waals surface area contributed by atoms with Gasteiger partial charge in [-0.3, -0.25) is 14.5 Å². The fraction of sp³-hybridized carbons (Fsp3) is 0.370. The van der Waals surface area contributed by atoms with Crippen LogP contribution >= 0.6 is 11.3 Å². The summed E-state index contributed by atoms with van der Waals surface area (Å²) in [5, 5.41) is 0.586. The number of rotatable bonds is 4. The third kappa shape index (κ3) is 3.25. The van der Waals surface area contributed by atoms with Crippen molar-refractivity contribution < 1.29 is 19.1 Å². The molecule has 1 aliphatic carbocycles. The topological polar surface area (TPSA) is 68.7 Å². The lowest BCUT2D eigenvalue weighted by Gasteiger charge is -2.35. The number of carbonyl (C=O) groups is 2. The minimum Gasteiger partial charge on any atom is -0.497 e. The molecule has 3 aromatic rings. The molecule has 2 aromatic carbocycles. The van der Waals surface area contributed by atoms with E-state index in [1.165, 1.54) is 16.9 Å². The van der Waals surface area contributed by atoms with E-state index in [0.29, 0.717) is 10.7 Å². The number of Topliss-reactive ketones (excluding diaryl/α,β-unsaturated/α-hetero) is 1. The van der Waals surface area contributed by atoms with Gasteiger partial charge in [0.1, 0.15) is 11.9 Å². The molecule has 2 aliphatic heterocycles. The summed E-state index contributed by atoms with van der Waals surface area (Å²) in [6, 6.07) is 13.2. The van der Waals surface area contributed by atoms with Crippen LogP contribution in [0.1, 0.15) is 49.8 Å². The Kier molecular flexibility index (Phi) is 5.17. The van der Waals surface area contributed by atoms with Gasteiger partial charge >= 0.3 is 0 Å². The SMILES string of the molecule is CCc1ccc2nc(N3C(=O)C4=C(C(=O)C5CCCCC5O4)C3c3ccc(OC)cc3)sc2c1. The Balaban J connectivity index is 1.49. The number of amides is 1. The minimum absolute atomic E-state index is 0.0528. The van der Waals surface area contributed by atoms with Crippen LogP contribution in [0.25, 0.3) is 10.2 Å². The largest absolute Gasteiger partial charge is 0.497 e. The van der Waals surface area contributed by atoms with Gasteiger partial charge in [-0.2, -0.15) is 0 Å². The van der Waals surface area contributed by atoms with Gasteiger partial charge in [-0.05, 0) is 61.1 Å². The molecule has 174 valence electrons. The van der Waals surface area contributed by atoms with Gasteiger partial charge < -0.3 is 9.47 Å². The number of carbonyl (C=O) groups excluding carboxylic acids is 2. The summed E-state index contributed by atoms with van der Waals surface area (Å²) in [5.74, 6) is 0.533. The average molecular weight is 475 g/mol. The van der Waals surface area contributed by atoms with Crippen molar-refractivity contribution in [3.05, 3.63) is 64.9 Å². The number of benzene rings is 2. The molecule has 3 unspecified atom stereocenters. The summed E-state index contributed by atoms with van der Waals surface area (Å²) in [4.78, 5) is 34.0. The molecule has 3 heterocycles. The molecule has 6 rings (SSSR count). The fourth-order valence-electron chi connectivity index (χ4n) is 5.42. The van der Waals surface area contributed by atoms with Crippen molar-refractivity contribution in [2.24, 2.45) is 5.92 Å². The van der Waals surface area contributed by atoms with E-state index in [2.05, 4.69) is 19.1 Å². The highest BCUT2D eigenvalue weighted by atomic mass is 32.1. The first-order valence-electron chi connectivity index (χ1n) is 11.9. The molecule has 1 saturated carbocycles. The summed E-state index contributed by atoms with van der Waals surface area (Å²) in [5.41, 5.74) is 3.40. The summed E-state index contributed by atoms with van der Waals surface area (Å²) < 4.78 is 12.6. The molecule has 1 fully saturated rings. The number of hydrogen-bond acceptors (Lipinski definition) is 6. The van der Waals surface area contributed by atoms with Gasteiger partial charge in [-0.15, -0.1) is 0 Å². The second-order valence-electron chi connectivity index (χ2n) is 9.16. The first-order valence-corrected chi connectivity index (χ1v) is 12.7. The van der Waals surface area contributed by atoms with Gasteiger partial charge in [-0.1, -0.05) is 42.9 Å². The predicted octanol–water partition coefficient (Wildman–Crippen LogP) is 5.37. The molecule has 1 amide bonds. The van der Waals surface area contributed by atoms with Gasteiger partial charge in [0.25, 0.3) is 5.91 Å². The van der Waals surface area contributed by atoms with E-state index in [1.807, 2.05) is 30.3 Å². The zero-order chi connectivity index (χ0) is 23.4. The molecule has 34 heavy (non-hydrogen) atoms. The van der Waals surface area contributed by atoms with Crippen LogP contribution < -0.4 is 9.64 Å². The van der Waals surface area contributed by atoms with Gasteiger partial charge in [0, 0.05) is 0 Å². The Morgan fingerprint density at radius 2 is 1.91 bits per heavy atom. The van der Waals surface area contributed by atoms with Gasteiger partial charge in [0.05, 0.1) is 34.9 Å². The lowest BCUT2D eigenvalue weighted by atomic mass is 9.77. The number of aromatic nitrogens is 1. The minimum atomic E-state index is -0.560. The van der Waals surface area contributed by atoms with E-state index in [1.54, 1.807) is 12.0 Å². The number of hydrogen-bond donors (Lipinski definition) is 0. The number of thiazole rings is 1. The van der Waals surface area contributed by atoms with Crippen molar-refractivity contribution in [3.8, 4) is 5.75 Å². The first-order chi connectivity index (χ1) is 16.6. The third-order valence-electron chi connectivity index (χ3n) is 7.25. The number of fused-ring (bicyclic) bond motifs is 2. The maximum absolute atomic E-state index is 13.8. The summed E-state index contributed by atoms with van der Waals surface area (Å²) in [7, 11) is 1.62. The standard InChI is InChI=1S/C27H26N2O4S/c1-3-15-8-13-19-21(14-15)34-27(28-19)29-23(16-9-11-17(32-2)12-10-16)22-24(30)18-6-4-5-7-20(18)33-25(22)26(29)31/h8-14,18,20,23H,3-7H2,1-2H3. The Labute approximate surface area is 202 Å². The van der Waals surface area contributed by atoms with Crippen LogP contribution in [0.15, 0.2) is 53.8 Å². The molecular formula is C27H26N2O4S. The van der Waals surface area contributed by atoms with E-state index < -0.39 is 6.04 Å². The van der Waals surface area contributed by atoms with Gasteiger partial charge in [-0.25, -0.2) is 4.98 Å². The molecular weight excluding hydrogens is 448 g/mol.